The van der Waals surface area contributed by atoms with Crippen LogP contribution in [0.3, 0.4) is 0 Å². The number of hydrogen-bond donors (Lipinski definition) is 0. The molecule has 0 saturated heterocycles. The van der Waals surface area contributed by atoms with Crippen molar-refractivity contribution in [2.45, 2.75) is 0 Å². The van der Waals surface area contributed by atoms with E-state index in [0.717, 1.165) is 50.4 Å². The van der Waals surface area contributed by atoms with E-state index >= 15 is 0 Å². The topological polar surface area (TPSA) is 35.6 Å². The molecule has 57 heavy (non-hydrogen) atoms. The number of nitrogens with zero attached hydrogens (tertiary/aromatic N) is 4. The van der Waals surface area contributed by atoms with Crippen molar-refractivity contribution in [2.24, 2.45) is 0 Å². The Kier molecular flexibility index (Phi) is 7.06. The van der Waals surface area contributed by atoms with E-state index in [0.29, 0.717) is 5.82 Å². The molecule has 0 fully saturated rings. The Hall–Kier alpha value is -7.34. The molecular weight excluding hydrogens is 713 g/mol. The van der Waals surface area contributed by atoms with Crippen LogP contribution in [0.25, 0.3) is 109 Å². The SMILES string of the molecule is c1ccc(-c2cc(-n3c4ccccc4c4ccc5c6ccccc6n(-c6ccc(-c7cccc8c7sc7ccccc78)cc6)c5c43)nc(-c3ccccc3)n2)cc1. The van der Waals surface area contributed by atoms with Gasteiger partial charge in [0.2, 0.25) is 0 Å². The van der Waals surface area contributed by atoms with Crippen LogP contribution in [-0.2, 0) is 0 Å². The Balaban J connectivity index is 1.14. The van der Waals surface area contributed by atoms with E-state index in [1.54, 1.807) is 0 Å². The van der Waals surface area contributed by atoms with Gasteiger partial charge in [0.25, 0.3) is 0 Å². The molecule has 0 amide bonds. The third kappa shape index (κ3) is 4.93. The lowest BCUT2D eigenvalue weighted by Gasteiger charge is -2.14. The maximum atomic E-state index is 5.36. The Morgan fingerprint density at radius 3 is 1.68 bits per heavy atom. The van der Waals surface area contributed by atoms with Crippen molar-refractivity contribution in [3.8, 4) is 45.3 Å². The molecule has 8 aromatic carbocycles. The lowest BCUT2D eigenvalue weighted by atomic mass is 10.0. The van der Waals surface area contributed by atoms with Gasteiger partial charge in [-0.15, -0.1) is 11.3 Å². The van der Waals surface area contributed by atoms with Crippen molar-refractivity contribution >= 4 is 75.1 Å². The molecule has 0 N–H and O–H groups in total. The zero-order valence-corrected chi connectivity index (χ0v) is 31.5. The fourth-order valence-corrected chi connectivity index (χ4v) is 10.0. The second-order valence-corrected chi connectivity index (χ2v) is 15.6. The zero-order chi connectivity index (χ0) is 37.5. The number of thiophene rings is 1. The molecule has 0 aliphatic heterocycles. The summed E-state index contributed by atoms with van der Waals surface area (Å²) in [6.45, 7) is 0. The van der Waals surface area contributed by atoms with Gasteiger partial charge >= 0.3 is 0 Å². The van der Waals surface area contributed by atoms with Crippen molar-refractivity contribution in [2.75, 3.05) is 0 Å². The first-order chi connectivity index (χ1) is 28.3. The second-order valence-electron chi connectivity index (χ2n) is 14.6. The summed E-state index contributed by atoms with van der Waals surface area (Å²) in [6, 6.07) is 69.4. The van der Waals surface area contributed by atoms with Crippen LogP contribution in [-0.4, -0.2) is 19.1 Å². The average Bonchev–Trinajstić information content (AvgIpc) is 3.95. The summed E-state index contributed by atoms with van der Waals surface area (Å²) < 4.78 is 7.45. The highest BCUT2D eigenvalue weighted by Gasteiger charge is 2.23. The Bertz CT molecular complexity index is 3450. The first-order valence-corrected chi connectivity index (χ1v) is 20.1. The molecule has 0 unspecified atom stereocenters. The molecule has 0 aliphatic carbocycles. The van der Waals surface area contributed by atoms with Crippen LogP contribution in [0.1, 0.15) is 0 Å². The molecule has 12 aromatic rings. The van der Waals surface area contributed by atoms with E-state index in [1.807, 2.05) is 35.6 Å². The van der Waals surface area contributed by atoms with Crippen LogP contribution < -0.4 is 0 Å². The molecule has 0 atom stereocenters. The van der Waals surface area contributed by atoms with Crippen molar-refractivity contribution < 1.29 is 0 Å². The fraction of sp³-hybridized carbons (Fsp3) is 0. The minimum absolute atomic E-state index is 0.690. The Morgan fingerprint density at radius 1 is 0.386 bits per heavy atom. The summed E-state index contributed by atoms with van der Waals surface area (Å²) in [5, 5.41) is 7.39. The standard InChI is InChI=1S/C52H32N4S/c1-3-14-34(15-4-1)44-32-48(54-52(53-44)35-16-5-2-6-17-35)56-46-24-11-8-19-39(46)42-31-30-41-38-18-7-10-23-45(38)55(49(41)50(42)56)36-28-26-33(27-29-36)37-21-13-22-43-40-20-9-12-25-47(40)57-51(37)43/h1-32H. The highest BCUT2D eigenvalue weighted by molar-refractivity contribution is 7.26. The summed E-state index contributed by atoms with van der Waals surface area (Å²) >= 11 is 1.87. The van der Waals surface area contributed by atoms with Crippen molar-refractivity contribution in [3.05, 3.63) is 194 Å². The van der Waals surface area contributed by atoms with Crippen molar-refractivity contribution in [3.63, 3.8) is 0 Å². The Morgan fingerprint density at radius 2 is 0.965 bits per heavy atom. The third-order valence-corrected chi connectivity index (χ3v) is 12.6. The molecular formula is C52H32N4S. The number of benzene rings is 8. The predicted molar refractivity (Wildman–Crippen MR) is 240 cm³/mol. The molecule has 5 heteroatoms. The lowest BCUT2D eigenvalue weighted by molar-refractivity contribution is 1.05. The van der Waals surface area contributed by atoms with Crippen molar-refractivity contribution in [1.82, 2.24) is 19.1 Å². The van der Waals surface area contributed by atoms with Gasteiger partial charge in [-0.3, -0.25) is 4.57 Å². The first-order valence-electron chi connectivity index (χ1n) is 19.3. The molecule has 0 bridgehead atoms. The molecule has 4 heterocycles. The third-order valence-electron chi connectivity index (χ3n) is 11.4. The first kappa shape index (κ1) is 32.0. The van der Waals surface area contributed by atoms with Crippen LogP contribution in [0.5, 0.6) is 0 Å². The van der Waals surface area contributed by atoms with Crippen LogP contribution in [0.4, 0.5) is 0 Å². The van der Waals surface area contributed by atoms with Gasteiger partial charge in [0.15, 0.2) is 5.82 Å². The minimum atomic E-state index is 0.690. The largest absolute Gasteiger partial charge is 0.307 e. The maximum Gasteiger partial charge on any atom is 0.162 e. The number of aromatic nitrogens is 4. The van der Waals surface area contributed by atoms with Gasteiger partial charge in [-0.25, -0.2) is 9.97 Å². The molecule has 0 spiro atoms. The molecule has 4 aromatic heterocycles. The van der Waals surface area contributed by atoms with Crippen LogP contribution in [0.2, 0.25) is 0 Å². The second kappa shape index (κ2) is 12.6. The van der Waals surface area contributed by atoms with Crippen LogP contribution in [0, 0.1) is 0 Å². The smallest absolute Gasteiger partial charge is 0.162 e. The number of fused-ring (bicyclic) bond motifs is 10. The van der Waals surface area contributed by atoms with E-state index in [-0.39, 0.29) is 0 Å². The summed E-state index contributed by atoms with van der Waals surface area (Å²) in [5.74, 6) is 1.51. The number of para-hydroxylation sites is 2. The molecule has 4 nitrogen and oxygen atoms in total. The van der Waals surface area contributed by atoms with E-state index in [4.69, 9.17) is 9.97 Å². The van der Waals surface area contributed by atoms with Crippen molar-refractivity contribution in [1.29, 1.82) is 0 Å². The average molecular weight is 745 g/mol. The van der Waals surface area contributed by atoms with Gasteiger partial charge in [0.1, 0.15) is 5.82 Å². The number of hydrogen-bond acceptors (Lipinski definition) is 3. The van der Waals surface area contributed by atoms with E-state index in [9.17, 15) is 0 Å². The highest BCUT2D eigenvalue weighted by atomic mass is 32.1. The van der Waals surface area contributed by atoms with E-state index < -0.39 is 0 Å². The zero-order valence-electron chi connectivity index (χ0n) is 30.7. The molecule has 0 aliphatic rings. The highest BCUT2D eigenvalue weighted by Crippen LogP contribution is 2.43. The molecule has 0 radical (unpaired) electrons. The summed E-state index contributed by atoms with van der Waals surface area (Å²) in [7, 11) is 0. The predicted octanol–water partition coefficient (Wildman–Crippen LogP) is 14.0. The molecule has 12 rings (SSSR count). The quantitative estimate of drug-likeness (QED) is 0.176. The van der Waals surface area contributed by atoms with E-state index in [2.05, 4.69) is 179 Å². The van der Waals surface area contributed by atoms with Crippen LogP contribution >= 0.6 is 11.3 Å². The molecule has 266 valence electrons. The summed E-state index contributed by atoms with van der Waals surface area (Å²) in [5.41, 5.74) is 11.0. The van der Waals surface area contributed by atoms with Gasteiger partial charge in [0, 0.05) is 64.6 Å². The maximum absolute atomic E-state index is 5.36. The van der Waals surface area contributed by atoms with Gasteiger partial charge in [-0.2, -0.15) is 0 Å². The minimum Gasteiger partial charge on any atom is -0.307 e. The summed E-state index contributed by atoms with van der Waals surface area (Å²) in [6.07, 6.45) is 0. The normalized spacial score (nSPS) is 11.9. The van der Waals surface area contributed by atoms with Gasteiger partial charge in [-0.1, -0.05) is 158 Å². The number of rotatable bonds is 5. The van der Waals surface area contributed by atoms with E-state index in [1.165, 1.54) is 52.8 Å². The fourth-order valence-electron chi connectivity index (χ4n) is 8.79. The van der Waals surface area contributed by atoms with Gasteiger partial charge < -0.3 is 4.57 Å². The summed E-state index contributed by atoms with van der Waals surface area (Å²) in [4.78, 5) is 10.5. The monoisotopic (exact) mass is 744 g/mol. The van der Waals surface area contributed by atoms with Crippen LogP contribution in [0.15, 0.2) is 194 Å². The Labute approximate surface area is 332 Å². The van der Waals surface area contributed by atoms with Gasteiger partial charge in [-0.05, 0) is 41.5 Å². The molecule has 0 saturated carbocycles. The van der Waals surface area contributed by atoms with Gasteiger partial charge in [0.05, 0.1) is 27.8 Å². The lowest BCUT2D eigenvalue weighted by Crippen LogP contribution is -2.04.